The molecule has 0 spiro atoms. The van der Waals surface area contributed by atoms with E-state index in [0.29, 0.717) is 30.9 Å². The molecule has 2 aromatic rings. The van der Waals surface area contributed by atoms with E-state index in [1.54, 1.807) is 24.3 Å². The van der Waals surface area contributed by atoms with Gasteiger partial charge in [0.15, 0.2) is 5.11 Å². The summed E-state index contributed by atoms with van der Waals surface area (Å²) in [4.78, 5) is 12.3. The Hall–Kier alpha value is -2.64. The fraction of sp³-hybridized carbons (Fsp3) is 0.300. The van der Waals surface area contributed by atoms with Crippen LogP contribution in [0.3, 0.4) is 0 Å². The van der Waals surface area contributed by atoms with Crippen LogP contribution in [-0.2, 0) is 0 Å². The molecule has 0 saturated carbocycles. The van der Waals surface area contributed by atoms with Gasteiger partial charge in [-0.1, -0.05) is 31.2 Å². The van der Waals surface area contributed by atoms with Gasteiger partial charge < -0.3 is 19.9 Å². The maximum atomic E-state index is 12.3. The standard InChI is InChI=1S/C20H24N2O4S/c1-2-16(14-23)21-20(27)22-19(24)15-7-6-10-18(13-15)26-12-11-25-17-8-4-3-5-9-17/h3-10,13,16,23H,2,11-12,14H2,1H3,(H2,21,22,24,27). The average molecular weight is 388 g/mol. The molecule has 1 unspecified atom stereocenters. The van der Waals surface area contributed by atoms with Crippen LogP contribution in [-0.4, -0.2) is 42.0 Å². The van der Waals surface area contributed by atoms with Gasteiger partial charge in [0.2, 0.25) is 0 Å². The highest BCUT2D eigenvalue weighted by Crippen LogP contribution is 2.14. The van der Waals surface area contributed by atoms with Crippen molar-refractivity contribution >= 4 is 23.2 Å². The summed E-state index contributed by atoms with van der Waals surface area (Å²) < 4.78 is 11.2. The van der Waals surface area contributed by atoms with Gasteiger partial charge in [-0.2, -0.15) is 0 Å². The van der Waals surface area contributed by atoms with Crippen LogP contribution in [0, 0.1) is 0 Å². The number of benzene rings is 2. The molecule has 144 valence electrons. The Labute approximate surface area is 164 Å². The van der Waals surface area contributed by atoms with Crippen molar-refractivity contribution in [1.82, 2.24) is 10.6 Å². The second-order valence-corrected chi connectivity index (χ2v) is 6.16. The predicted octanol–water partition coefficient (Wildman–Crippen LogP) is 2.52. The molecule has 1 atom stereocenters. The van der Waals surface area contributed by atoms with Crippen molar-refractivity contribution in [2.24, 2.45) is 0 Å². The van der Waals surface area contributed by atoms with Gasteiger partial charge in [0, 0.05) is 5.56 Å². The average Bonchev–Trinajstić information content (AvgIpc) is 2.70. The van der Waals surface area contributed by atoms with Crippen LogP contribution < -0.4 is 20.1 Å². The first-order valence-corrected chi connectivity index (χ1v) is 9.16. The molecule has 0 saturated heterocycles. The minimum atomic E-state index is -0.341. The number of hydrogen-bond acceptors (Lipinski definition) is 5. The van der Waals surface area contributed by atoms with E-state index in [1.807, 2.05) is 37.3 Å². The Morgan fingerprint density at radius 3 is 2.41 bits per heavy atom. The normalized spacial score (nSPS) is 11.3. The van der Waals surface area contributed by atoms with E-state index in [4.69, 9.17) is 21.7 Å². The third kappa shape index (κ3) is 7.24. The van der Waals surface area contributed by atoms with Gasteiger partial charge in [-0.25, -0.2) is 0 Å². The lowest BCUT2D eigenvalue weighted by atomic mass is 10.2. The van der Waals surface area contributed by atoms with E-state index in [1.165, 1.54) is 0 Å². The first kappa shape index (κ1) is 20.7. The zero-order chi connectivity index (χ0) is 19.5. The van der Waals surface area contributed by atoms with Gasteiger partial charge in [0.05, 0.1) is 12.6 Å². The van der Waals surface area contributed by atoms with Gasteiger partial charge in [0.1, 0.15) is 24.7 Å². The number of aliphatic hydroxyl groups excluding tert-OH is 1. The third-order valence-corrected chi connectivity index (χ3v) is 3.96. The van der Waals surface area contributed by atoms with E-state index >= 15 is 0 Å². The van der Waals surface area contributed by atoms with Crippen LogP contribution in [0.15, 0.2) is 54.6 Å². The lowest BCUT2D eigenvalue weighted by Crippen LogP contribution is -2.45. The molecule has 0 aliphatic rings. The Morgan fingerprint density at radius 2 is 1.74 bits per heavy atom. The van der Waals surface area contributed by atoms with Crippen molar-refractivity contribution in [1.29, 1.82) is 0 Å². The maximum absolute atomic E-state index is 12.3. The van der Waals surface area contributed by atoms with Gasteiger partial charge >= 0.3 is 0 Å². The van der Waals surface area contributed by atoms with E-state index in [0.717, 1.165) is 5.75 Å². The largest absolute Gasteiger partial charge is 0.490 e. The Bertz CT molecular complexity index is 736. The number of carbonyl (C=O) groups is 1. The number of rotatable bonds is 9. The highest BCUT2D eigenvalue weighted by molar-refractivity contribution is 7.80. The topological polar surface area (TPSA) is 79.8 Å². The summed E-state index contributed by atoms with van der Waals surface area (Å²) in [5, 5.41) is 14.9. The third-order valence-electron chi connectivity index (χ3n) is 3.74. The number of carbonyl (C=O) groups excluding carboxylic acids is 1. The van der Waals surface area contributed by atoms with E-state index in [-0.39, 0.29) is 23.7 Å². The van der Waals surface area contributed by atoms with Gasteiger partial charge in [0.25, 0.3) is 5.91 Å². The van der Waals surface area contributed by atoms with Crippen LogP contribution in [0.25, 0.3) is 0 Å². The summed E-state index contributed by atoms with van der Waals surface area (Å²) in [7, 11) is 0. The minimum absolute atomic E-state index is 0.0547. The van der Waals surface area contributed by atoms with Crippen LogP contribution >= 0.6 is 12.2 Å². The summed E-state index contributed by atoms with van der Waals surface area (Å²) in [5.41, 5.74) is 0.428. The smallest absolute Gasteiger partial charge is 0.257 e. The molecule has 0 aliphatic carbocycles. The van der Waals surface area contributed by atoms with Crippen molar-refractivity contribution in [2.45, 2.75) is 19.4 Å². The fourth-order valence-electron chi connectivity index (χ4n) is 2.24. The summed E-state index contributed by atoms with van der Waals surface area (Å²) >= 11 is 5.10. The second kappa shape index (κ2) is 11.2. The highest BCUT2D eigenvalue weighted by atomic mass is 32.1. The highest BCUT2D eigenvalue weighted by Gasteiger charge is 2.11. The molecular formula is C20H24N2O4S. The lowest BCUT2D eigenvalue weighted by Gasteiger charge is -2.16. The molecule has 1 amide bonds. The number of hydrogen-bond donors (Lipinski definition) is 3. The fourth-order valence-corrected chi connectivity index (χ4v) is 2.50. The molecule has 3 N–H and O–H groups in total. The molecule has 6 nitrogen and oxygen atoms in total. The summed E-state index contributed by atoms with van der Waals surface area (Å²) in [6, 6.07) is 16.1. The number of aliphatic hydroxyl groups is 1. The number of nitrogens with one attached hydrogen (secondary N) is 2. The summed E-state index contributed by atoms with van der Waals surface area (Å²) in [6.07, 6.45) is 0.695. The van der Waals surface area contributed by atoms with Crippen LogP contribution in [0.4, 0.5) is 0 Å². The number of amides is 1. The SMILES string of the molecule is CCC(CO)NC(=S)NC(=O)c1cccc(OCCOc2ccccc2)c1. The van der Waals surface area contributed by atoms with Crippen molar-refractivity contribution in [3.8, 4) is 11.5 Å². The van der Waals surface area contributed by atoms with Crippen LogP contribution in [0.5, 0.6) is 11.5 Å². The van der Waals surface area contributed by atoms with Crippen molar-refractivity contribution < 1.29 is 19.4 Å². The molecule has 7 heteroatoms. The van der Waals surface area contributed by atoms with Gasteiger partial charge in [-0.05, 0) is 49.0 Å². The lowest BCUT2D eigenvalue weighted by molar-refractivity contribution is 0.0975. The molecule has 0 fully saturated rings. The molecule has 0 heterocycles. The van der Waals surface area contributed by atoms with E-state index in [9.17, 15) is 9.90 Å². The van der Waals surface area contributed by atoms with Gasteiger partial charge in [-0.15, -0.1) is 0 Å². The van der Waals surface area contributed by atoms with Crippen LogP contribution in [0.2, 0.25) is 0 Å². The Morgan fingerprint density at radius 1 is 1.07 bits per heavy atom. The van der Waals surface area contributed by atoms with E-state index in [2.05, 4.69) is 10.6 Å². The number of thiocarbonyl (C=S) groups is 1. The Kier molecular flexibility index (Phi) is 8.54. The second-order valence-electron chi connectivity index (χ2n) is 5.75. The molecule has 2 aromatic carbocycles. The maximum Gasteiger partial charge on any atom is 0.257 e. The predicted molar refractivity (Wildman–Crippen MR) is 108 cm³/mol. The van der Waals surface area contributed by atoms with Crippen molar-refractivity contribution in [3.63, 3.8) is 0 Å². The molecule has 2 rings (SSSR count). The zero-order valence-electron chi connectivity index (χ0n) is 15.2. The van der Waals surface area contributed by atoms with E-state index < -0.39 is 0 Å². The van der Waals surface area contributed by atoms with Crippen molar-refractivity contribution in [2.75, 3.05) is 19.8 Å². The molecule has 0 bridgehead atoms. The molecular weight excluding hydrogens is 364 g/mol. The zero-order valence-corrected chi connectivity index (χ0v) is 16.0. The van der Waals surface area contributed by atoms with Crippen LogP contribution in [0.1, 0.15) is 23.7 Å². The molecule has 0 aliphatic heterocycles. The Balaban J connectivity index is 1.81. The van der Waals surface area contributed by atoms with Gasteiger partial charge in [-0.3, -0.25) is 10.1 Å². The minimum Gasteiger partial charge on any atom is -0.490 e. The molecule has 0 aromatic heterocycles. The summed E-state index contributed by atoms with van der Waals surface area (Å²) in [6.45, 7) is 2.62. The molecule has 0 radical (unpaired) electrons. The van der Waals surface area contributed by atoms with Crippen molar-refractivity contribution in [3.05, 3.63) is 60.2 Å². The first-order valence-electron chi connectivity index (χ1n) is 8.75. The summed E-state index contributed by atoms with van der Waals surface area (Å²) in [5.74, 6) is 1.01. The number of para-hydroxylation sites is 1. The molecule has 27 heavy (non-hydrogen) atoms. The monoisotopic (exact) mass is 388 g/mol. The quantitative estimate of drug-likeness (QED) is 0.453. The first-order chi connectivity index (χ1) is 13.1. The number of ether oxygens (including phenoxy) is 2.